The standard InChI is InChI=1S/C14H12N2O4.C2H6.CH4/c1-2-20-14(17)12-7-11(8-13(9-12)16(18)19)10-3-5-15-6-4-10;1-2;/h3-9H,2H2,1H3;1-2H3;1H4. The topological polar surface area (TPSA) is 82.3 Å². The second kappa shape index (κ2) is 10.0. The van der Waals surface area contributed by atoms with E-state index in [4.69, 9.17) is 4.74 Å². The molecule has 0 fully saturated rings. The molecule has 0 aliphatic rings. The predicted molar refractivity (Wildman–Crippen MR) is 90.4 cm³/mol. The van der Waals surface area contributed by atoms with E-state index >= 15 is 0 Å². The molecule has 124 valence electrons. The van der Waals surface area contributed by atoms with Gasteiger partial charge in [-0.05, 0) is 36.2 Å². The van der Waals surface area contributed by atoms with Crippen molar-refractivity contribution in [3.05, 3.63) is 58.4 Å². The lowest BCUT2D eigenvalue weighted by Crippen LogP contribution is -2.05. The average Bonchev–Trinajstić information content (AvgIpc) is 2.57. The van der Waals surface area contributed by atoms with Gasteiger partial charge in [-0.25, -0.2) is 4.79 Å². The summed E-state index contributed by atoms with van der Waals surface area (Å²) in [6.45, 7) is 5.89. The van der Waals surface area contributed by atoms with Crippen LogP contribution >= 0.6 is 0 Å². The molecule has 0 saturated heterocycles. The molecule has 0 saturated carbocycles. The highest BCUT2D eigenvalue weighted by molar-refractivity contribution is 5.92. The largest absolute Gasteiger partial charge is 0.462 e. The molecule has 1 aromatic carbocycles. The minimum absolute atomic E-state index is 0. The Bertz CT molecular complexity index is 642. The van der Waals surface area contributed by atoms with Gasteiger partial charge in [-0.3, -0.25) is 15.1 Å². The molecule has 0 N–H and O–H groups in total. The number of non-ortho nitro benzene ring substituents is 1. The van der Waals surface area contributed by atoms with Crippen LogP contribution in [-0.2, 0) is 4.74 Å². The third-order valence-corrected chi connectivity index (χ3v) is 2.65. The molecule has 0 bridgehead atoms. The Balaban J connectivity index is 0.00000155. The molecule has 0 spiro atoms. The van der Waals surface area contributed by atoms with Crippen molar-refractivity contribution in [2.24, 2.45) is 0 Å². The van der Waals surface area contributed by atoms with Crippen LogP contribution in [-0.4, -0.2) is 22.5 Å². The minimum atomic E-state index is -0.577. The van der Waals surface area contributed by atoms with Crippen molar-refractivity contribution in [3.8, 4) is 11.1 Å². The highest BCUT2D eigenvalue weighted by Gasteiger charge is 2.16. The Hall–Kier alpha value is -2.76. The summed E-state index contributed by atoms with van der Waals surface area (Å²) in [4.78, 5) is 26.1. The van der Waals surface area contributed by atoms with E-state index in [1.54, 1.807) is 37.5 Å². The Morgan fingerprint density at radius 3 is 2.30 bits per heavy atom. The highest BCUT2D eigenvalue weighted by atomic mass is 16.6. The van der Waals surface area contributed by atoms with E-state index < -0.39 is 10.9 Å². The minimum Gasteiger partial charge on any atom is -0.462 e. The van der Waals surface area contributed by atoms with Crippen molar-refractivity contribution in [1.29, 1.82) is 0 Å². The van der Waals surface area contributed by atoms with Crippen LogP contribution in [0.15, 0.2) is 42.7 Å². The lowest BCUT2D eigenvalue weighted by molar-refractivity contribution is -0.384. The number of rotatable bonds is 4. The van der Waals surface area contributed by atoms with Gasteiger partial charge in [0.05, 0.1) is 17.1 Å². The number of esters is 1. The van der Waals surface area contributed by atoms with Gasteiger partial charge in [0.2, 0.25) is 0 Å². The summed E-state index contributed by atoms with van der Waals surface area (Å²) < 4.78 is 4.88. The van der Waals surface area contributed by atoms with Crippen molar-refractivity contribution in [1.82, 2.24) is 4.98 Å². The van der Waals surface area contributed by atoms with E-state index in [1.165, 1.54) is 12.1 Å². The second-order valence-electron chi connectivity index (χ2n) is 3.98. The monoisotopic (exact) mass is 318 g/mol. The number of nitrogens with zero attached hydrogens (tertiary/aromatic N) is 2. The fraction of sp³-hybridized carbons (Fsp3) is 0.294. The van der Waals surface area contributed by atoms with Crippen LogP contribution in [0.4, 0.5) is 5.69 Å². The van der Waals surface area contributed by atoms with Gasteiger partial charge in [0.1, 0.15) is 0 Å². The SMILES string of the molecule is C.CC.CCOC(=O)c1cc(-c2ccncc2)cc([N+](=O)[O-])c1. The van der Waals surface area contributed by atoms with Crippen molar-refractivity contribution < 1.29 is 14.5 Å². The average molecular weight is 318 g/mol. The molecule has 0 aliphatic heterocycles. The fourth-order valence-electron chi connectivity index (χ4n) is 1.76. The van der Waals surface area contributed by atoms with Crippen LogP contribution < -0.4 is 0 Å². The van der Waals surface area contributed by atoms with Crippen molar-refractivity contribution in [3.63, 3.8) is 0 Å². The normalized spacial score (nSPS) is 9.00. The molecule has 1 aromatic heterocycles. The van der Waals surface area contributed by atoms with E-state index in [1.807, 2.05) is 13.8 Å². The molecule has 2 rings (SSSR count). The maximum Gasteiger partial charge on any atom is 0.338 e. The van der Waals surface area contributed by atoms with E-state index in [-0.39, 0.29) is 25.3 Å². The predicted octanol–water partition coefficient (Wildman–Crippen LogP) is 4.50. The number of hydrogen-bond donors (Lipinski definition) is 0. The second-order valence-corrected chi connectivity index (χ2v) is 3.98. The van der Waals surface area contributed by atoms with E-state index in [0.717, 1.165) is 5.56 Å². The maximum atomic E-state index is 11.7. The van der Waals surface area contributed by atoms with Crippen molar-refractivity contribution in [2.75, 3.05) is 6.61 Å². The zero-order chi connectivity index (χ0) is 16.5. The van der Waals surface area contributed by atoms with Crippen molar-refractivity contribution in [2.45, 2.75) is 28.2 Å². The van der Waals surface area contributed by atoms with Gasteiger partial charge in [0, 0.05) is 24.5 Å². The molecule has 0 aliphatic carbocycles. The Morgan fingerprint density at radius 2 is 1.78 bits per heavy atom. The molecule has 0 amide bonds. The first-order valence-corrected chi connectivity index (χ1v) is 6.99. The molecular weight excluding hydrogens is 296 g/mol. The molecule has 1 heterocycles. The van der Waals surface area contributed by atoms with Crippen molar-refractivity contribution >= 4 is 11.7 Å². The number of carbonyl (C=O) groups is 1. The number of nitro benzene ring substituents is 1. The summed E-state index contributed by atoms with van der Waals surface area (Å²) in [5.41, 5.74) is 1.33. The third-order valence-electron chi connectivity index (χ3n) is 2.65. The molecular formula is C17H22N2O4. The van der Waals surface area contributed by atoms with Crippen LogP contribution in [0.5, 0.6) is 0 Å². The van der Waals surface area contributed by atoms with Crippen LogP contribution in [0.25, 0.3) is 11.1 Å². The fourth-order valence-corrected chi connectivity index (χ4v) is 1.76. The Labute approximate surface area is 136 Å². The highest BCUT2D eigenvalue weighted by Crippen LogP contribution is 2.26. The van der Waals surface area contributed by atoms with Crippen LogP contribution in [0.2, 0.25) is 0 Å². The summed E-state index contributed by atoms with van der Waals surface area (Å²) in [7, 11) is 0. The number of benzene rings is 1. The van der Waals surface area contributed by atoms with Gasteiger partial charge < -0.3 is 4.74 Å². The molecule has 0 atom stereocenters. The summed E-state index contributed by atoms with van der Waals surface area (Å²) in [6, 6.07) is 7.63. The number of nitro groups is 1. The first-order chi connectivity index (χ1) is 10.6. The molecule has 0 unspecified atom stereocenters. The van der Waals surface area contributed by atoms with Crippen LogP contribution in [0, 0.1) is 10.1 Å². The zero-order valence-electron chi connectivity index (χ0n) is 12.8. The van der Waals surface area contributed by atoms with Gasteiger partial charge in [0.15, 0.2) is 0 Å². The zero-order valence-corrected chi connectivity index (χ0v) is 12.8. The van der Waals surface area contributed by atoms with E-state index in [9.17, 15) is 14.9 Å². The molecule has 6 nitrogen and oxygen atoms in total. The number of hydrogen-bond acceptors (Lipinski definition) is 5. The Kier molecular flexibility index (Phi) is 8.84. The third kappa shape index (κ3) is 5.50. The smallest absolute Gasteiger partial charge is 0.338 e. The van der Waals surface area contributed by atoms with Crippen LogP contribution in [0.3, 0.4) is 0 Å². The molecule has 0 radical (unpaired) electrons. The number of carbonyl (C=O) groups excluding carboxylic acids is 1. The summed E-state index contributed by atoms with van der Waals surface area (Å²) in [5.74, 6) is -0.577. The Morgan fingerprint density at radius 1 is 1.17 bits per heavy atom. The summed E-state index contributed by atoms with van der Waals surface area (Å²) >= 11 is 0. The number of ether oxygens (including phenoxy) is 1. The van der Waals surface area contributed by atoms with Gasteiger partial charge in [0.25, 0.3) is 5.69 Å². The number of aromatic nitrogens is 1. The summed E-state index contributed by atoms with van der Waals surface area (Å²) in [5, 5.41) is 11.0. The molecule has 23 heavy (non-hydrogen) atoms. The maximum absolute atomic E-state index is 11.7. The van der Waals surface area contributed by atoms with E-state index in [2.05, 4.69) is 4.98 Å². The molecule has 6 heteroatoms. The van der Waals surface area contributed by atoms with Gasteiger partial charge >= 0.3 is 5.97 Å². The van der Waals surface area contributed by atoms with Crippen LogP contribution in [0.1, 0.15) is 38.6 Å². The quantitative estimate of drug-likeness (QED) is 0.471. The van der Waals surface area contributed by atoms with Gasteiger partial charge in [-0.2, -0.15) is 0 Å². The lowest BCUT2D eigenvalue weighted by Gasteiger charge is -2.06. The first-order valence-electron chi connectivity index (χ1n) is 6.99. The molecule has 2 aromatic rings. The summed E-state index contributed by atoms with van der Waals surface area (Å²) in [6.07, 6.45) is 3.16. The lowest BCUT2D eigenvalue weighted by atomic mass is 10.0. The van der Waals surface area contributed by atoms with Gasteiger partial charge in [-0.1, -0.05) is 21.3 Å². The van der Waals surface area contributed by atoms with Gasteiger partial charge in [-0.15, -0.1) is 0 Å². The first kappa shape index (κ1) is 20.2. The van der Waals surface area contributed by atoms with E-state index in [0.29, 0.717) is 5.56 Å². The number of pyridine rings is 1.